The van der Waals surface area contributed by atoms with Crippen LogP contribution in [0.2, 0.25) is 0 Å². The first kappa shape index (κ1) is 24.0. The van der Waals surface area contributed by atoms with Crippen LogP contribution in [0.15, 0.2) is 59.5 Å². The summed E-state index contributed by atoms with van der Waals surface area (Å²) in [6, 6.07) is 14.7. The molecule has 0 heterocycles. The minimum Gasteiger partial charge on any atom is -0.341 e. The lowest BCUT2D eigenvalue weighted by Gasteiger charge is -2.22. The molecule has 2 rings (SSSR count). The lowest BCUT2D eigenvalue weighted by molar-refractivity contribution is -0.130. The summed E-state index contributed by atoms with van der Waals surface area (Å²) in [6.07, 6.45) is 0.738. The molecule has 0 saturated heterocycles. The fraction of sp³-hybridized carbons (Fsp3) is 0.316. The average molecular weight is 433 g/mol. The topological polar surface area (TPSA) is 80.5 Å². The molecule has 2 N–H and O–H groups in total. The number of halogens is 3. The first-order chi connectivity index (χ1) is 12.8. The van der Waals surface area contributed by atoms with Gasteiger partial charge in [-0.3, -0.25) is 4.79 Å². The average Bonchev–Trinajstić information content (AvgIpc) is 2.66. The van der Waals surface area contributed by atoms with Crippen molar-refractivity contribution < 1.29 is 22.0 Å². The van der Waals surface area contributed by atoms with Crippen molar-refractivity contribution >= 4 is 28.2 Å². The monoisotopic (exact) mass is 432 g/mol. The van der Waals surface area contributed by atoms with E-state index in [9.17, 15) is 22.0 Å². The molecule has 0 aliphatic rings. The van der Waals surface area contributed by atoms with Crippen LogP contribution in [0.4, 0.5) is 8.78 Å². The number of sulfone groups is 1. The number of nitrogens with two attached hydrogens (primary N) is 1. The Bertz CT molecular complexity index is 847. The van der Waals surface area contributed by atoms with E-state index in [0.29, 0.717) is 31.6 Å². The van der Waals surface area contributed by atoms with Crippen molar-refractivity contribution in [3.8, 4) is 0 Å². The van der Waals surface area contributed by atoms with Gasteiger partial charge in [-0.2, -0.15) is 8.78 Å². The predicted octanol–water partition coefficient (Wildman–Crippen LogP) is 2.68. The summed E-state index contributed by atoms with van der Waals surface area (Å²) in [5, 5.41) is 0. The highest BCUT2D eigenvalue weighted by atomic mass is 35.5. The molecule has 0 aromatic heterocycles. The summed E-state index contributed by atoms with van der Waals surface area (Å²) in [5.41, 5.74) is 7.25. The van der Waals surface area contributed by atoms with Crippen molar-refractivity contribution in [3.05, 3.63) is 65.7 Å². The predicted molar refractivity (Wildman–Crippen MR) is 106 cm³/mol. The van der Waals surface area contributed by atoms with Crippen LogP contribution in [0.5, 0.6) is 0 Å². The Kier molecular flexibility index (Phi) is 9.51. The Labute approximate surface area is 169 Å². The largest absolute Gasteiger partial charge is 0.341 e. The van der Waals surface area contributed by atoms with Gasteiger partial charge in [0.05, 0.1) is 11.3 Å². The SMILES string of the molecule is Cl.NCCN(CCc1ccccc1)C(=O)Cc1ccc(S(=O)(=O)C(F)F)cc1. The number of alkyl halides is 2. The van der Waals surface area contributed by atoms with Gasteiger partial charge < -0.3 is 10.6 Å². The number of carbonyl (C=O) groups is 1. The van der Waals surface area contributed by atoms with E-state index in [-0.39, 0.29) is 24.7 Å². The Morgan fingerprint density at radius 1 is 0.964 bits per heavy atom. The molecular weight excluding hydrogens is 410 g/mol. The minimum absolute atomic E-state index is 0. The molecule has 9 heteroatoms. The lowest BCUT2D eigenvalue weighted by atomic mass is 10.1. The van der Waals surface area contributed by atoms with Crippen molar-refractivity contribution in [2.24, 2.45) is 5.73 Å². The van der Waals surface area contributed by atoms with Crippen molar-refractivity contribution in [2.75, 3.05) is 19.6 Å². The molecular formula is C19H23ClF2N2O3S. The van der Waals surface area contributed by atoms with Crippen LogP contribution in [0.3, 0.4) is 0 Å². The smallest absolute Gasteiger partial charge is 0.341 e. The third-order valence-corrected chi connectivity index (χ3v) is 5.51. The number of rotatable bonds is 9. The molecule has 0 saturated carbocycles. The zero-order chi connectivity index (χ0) is 19.9. The summed E-state index contributed by atoms with van der Waals surface area (Å²) in [4.78, 5) is 13.7. The Hall–Kier alpha value is -2.03. The highest BCUT2D eigenvalue weighted by Gasteiger charge is 2.26. The summed E-state index contributed by atoms with van der Waals surface area (Å²) in [7, 11) is -4.63. The van der Waals surface area contributed by atoms with Gasteiger partial charge >= 0.3 is 5.76 Å². The van der Waals surface area contributed by atoms with Crippen LogP contribution in [0.1, 0.15) is 11.1 Å². The lowest BCUT2D eigenvalue weighted by Crippen LogP contribution is -2.37. The van der Waals surface area contributed by atoms with Gasteiger partial charge in [-0.05, 0) is 29.7 Å². The third kappa shape index (κ3) is 6.54. The number of nitrogens with zero attached hydrogens (tertiary/aromatic N) is 1. The van der Waals surface area contributed by atoms with E-state index in [1.54, 1.807) is 4.90 Å². The minimum atomic E-state index is -4.63. The molecule has 2 aromatic rings. The number of hydrogen-bond acceptors (Lipinski definition) is 4. The zero-order valence-corrected chi connectivity index (χ0v) is 16.8. The molecule has 0 bridgehead atoms. The van der Waals surface area contributed by atoms with Gasteiger partial charge in [0.25, 0.3) is 0 Å². The second kappa shape index (κ2) is 11.1. The van der Waals surface area contributed by atoms with E-state index < -0.39 is 20.5 Å². The summed E-state index contributed by atoms with van der Waals surface area (Å²) in [6.45, 7) is 1.24. The van der Waals surface area contributed by atoms with E-state index in [1.165, 1.54) is 12.1 Å². The van der Waals surface area contributed by atoms with Crippen LogP contribution < -0.4 is 5.73 Å². The van der Waals surface area contributed by atoms with Gasteiger partial charge in [0.1, 0.15) is 0 Å². The fourth-order valence-electron chi connectivity index (χ4n) is 2.61. The van der Waals surface area contributed by atoms with Gasteiger partial charge in [-0.15, -0.1) is 12.4 Å². The molecule has 1 amide bonds. The van der Waals surface area contributed by atoms with Gasteiger partial charge in [-0.25, -0.2) is 8.42 Å². The molecule has 5 nitrogen and oxygen atoms in total. The first-order valence-corrected chi connectivity index (χ1v) is 10.0. The standard InChI is InChI=1S/C19H22F2N2O3S.ClH/c20-19(21)27(25,26)17-8-6-16(7-9-17)14-18(24)23(13-11-22)12-10-15-4-2-1-3-5-15;/h1-9,19H,10-14,22H2;1H. The van der Waals surface area contributed by atoms with E-state index in [2.05, 4.69) is 0 Å². The van der Waals surface area contributed by atoms with Crippen LogP contribution in [-0.4, -0.2) is 44.6 Å². The highest BCUT2D eigenvalue weighted by Crippen LogP contribution is 2.19. The third-order valence-electron chi connectivity index (χ3n) is 4.11. The van der Waals surface area contributed by atoms with Crippen molar-refractivity contribution in [3.63, 3.8) is 0 Å². The summed E-state index contributed by atoms with van der Waals surface area (Å²) in [5.74, 6) is -3.62. The number of benzene rings is 2. The van der Waals surface area contributed by atoms with E-state index >= 15 is 0 Å². The maximum absolute atomic E-state index is 12.6. The van der Waals surface area contributed by atoms with Crippen molar-refractivity contribution in [2.45, 2.75) is 23.5 Å². The van der Waals surface area contributed by atoms with E-state index in [0.717, 1.165) is 17.7 Å². The van der Waals surface area contributed by atoms with E-state index in [1.807, 2.05) is 30.3 Å². The molecule has 28 heavy (non-hydrogen) atoms. The highest BCUT2D eigenvalue weighted by molar-refractivity contribution is 7.91. The van der Waals surface area contributed by atoms with Crippen LogP contribution >= 0.6 is 12.4 Å². The van der Waals surface area contributed by atoms with Gasteiger partial charge in [-0.1, -0.05) is 42.5 Å². The molecule has 0 fully saturated rings. The number of amides is 1. The molecule has 0 aliphatic heterocycles. The molecule has 0 radical (unpaired) electrons. The number of hydrogen-bond donors (Lipinski definition) is 1. The Morgan fingerprint density at radius 3 is 2.11 bits per heavy atom. The molecule has 154 valence electrons. The number of carbonyl (C=O) groups excluding carboxylic acids is 1. The summed E-state index contributed by atoms with van der Waals surface area (Å²) >= 11 is 0. The second-order valence-electron chi connectivity index (χ2n) is 6.03. The normalized spacial score (nSPS) is 11.1. The molecule has 2 aromatic carbocycles. The maximum atomic E-state index is 12.6. The Morgan fingerprint density at radius 2 is 1.57 bits per heavy atom. The first-order valence-electron chi connectivity index (χ1n) is 8.47. The molecule has 0 atom stereocenters. The van der Waals surface area contributed by atoms with Gasteiger partial charge in [0.15, 0.2) is 0 Å². The quantitative estimate of drug-likeness (QED) is 0.660. The van der Waals surface area contributed by atoms with Gasteiger partial charge in [0.2, 0.25) is 15.7 Å². The zero-order valence-electron chi connectivity index (χ0n) is 15.1. The van der Waals surface area contributed by atoms with Crippen molar-refractivity contribution in [1.29, 1.82) is 0 Å². The maximum Gasteiger partial charge on any atom is 0.341 e. The van der Waals surface area contributed by atoms with Crippen LogP contribution in [0, 0.1) is 0 Å². The Balaban J connectivity index is 0.00000392. The summed E-state index contributed by atoms with van der Waals surface area (Å²) < 4.78 is 48.0. The van der Waals surface area contributed by atoms with Gasteiger partial charge in [0, 0.05) is 19.6 Å². The fourth-order valence-corrected chi connectivity index (χ4v) is 3.33. The molecule has 0 spiro atoms. The molecule has 0 aliphatic carbocycles. The van der Waals surface area contributed by atoms with E-state index in [4.69, 9.17) is 5.73 Å². The van der Waals surface area contributed by atoms with Crippen molar-refractivity contribution in [1.82, 2.24) is 4.90 Å². The van der Waals surface area contributed by atoms with Crippen LogP contribution in [0.25, 0.3) is 0 Å². The molecule has 0 unspecified atom stereocenters. The van der Waals surface area contributed by atoms with Crippen LogP contribution in [-0.2, 0) is 27.5 Å². The second-order valence-corrected chi connectivity index (χ2v) is 7.95.